The van der Waals surface area contributed by atoms with E-state index in [9.17, 15) is 24.0 Å². The summed E-state index contributed by atoms with van der Waals surface area (Å²) in [7, 11) is 0. The monoisotopic (exact) mass is 320 g/mol. The normalized spacial score (nSPS) is 12.8. The second-order valence-corrected chi connectivity index (χ2v) is 4.19. The lowest BCUT2D eigenvalue weighted by Crippen LogP contribution is -2.37. The fourth-order valence-corrected chi connectivity index (χ4v) is 1.31. The van der Waals surface area contributed by atoms with E-state index in [2.05, 4.69) is 9.47 Å². The molecule has 0 fully saturated rings. The summed E-state index contributed by atoms with van der Waals surface area (Å²) in [5.74, 6) is -7.00. The smallest absolute Gasteiger partial charge is 0.348 e. The molecule has 0 rings (SSSR count). The first-order valence-electron chi connectivity index (χ1n) is 6.23. The first kappa shape index (κ1) is 19.4. The lowest BCUT2D eigenvalue weighted by Gasteiger charge is -2.18. The van der Waals surface area contributed by atoms with E-state index in [1.807, 2.05) is 0 Å². The van der Waals surface area contributed by atoms with Gasteiger partial charge >= 0.3 is 29.8 Å². The standard InChI is InChI=1S/C12H16O10/c1-2-3-10(17)21-7(5-9(15)16)12(20)22-6(11(18)19)4-8(13)14/h6-7H,2-5H2,1H3,(H,13,14)(H,15,16)(H,18,19). The van der Waals surface area contributed by atoms with Crippen molar-refractivity contribution in [2.24, 2.45) is 0 Å². The van der Waals surface area contributed by atoms with Crippen LogP contribution in [0.15, 0.2) is 0 Å². The van der Waals surface area contributed by atoms with Crippen molar-refractivity contribution in [2.75, 3.05) is 0 Å². The summed E-state index contributed by atoms with van der Waals surface area (Å²) in [5, 5.41) is 25.9. The molecule has 0 aliphatic carbocycles. The highest BCUT2D eigenvalue weighted by Crippen LogP contribution is 2.09. The Hall–Kier alpha value is -2.65. The molecular formula is C12H16O10. The maximum absolute atomic E-state index is 11.7. The van der Waals surface area contributed by atoms with Crippen LogP contribution in [0.3, 0.4) is 0 Å². The molecule has 124 valence electrons. The van der Waals surface area contributed by atoms with Gasteiger partial charge in [-0.25, -0.2) is 9.59 Å². The molecule has 2 unspecified atom stereocenters. The predicted molar refractivity (Wildman–Crippen MR) is 66.8 cm³/mol. The molecule has 10 heteroatoms. The Bertz CT molecular complexity index is 455. The summed E-state index contributed by atoms with van der Waals surface area (Å²) in [6, 6.07) is 0. The first-order valence-corrected chi connectivity index (χ1v) is 6.23. The zero-order valence-corrected chi connectivity index (χ0v) is 11.7. The maximum atomic E-state index is 11.7. The van der Waals surface area contributed by atoms with Crippen molar-refractivity contribution in [1.82, 2.24) is 0 Å². The average molecular weight is 320 g/mol. The molecule has 10 nitrogen and oxygen atoms in total. The average Bonchev–Trinajstić information content (AvgIpc) is 2.36. The molecule has 3 N–H and O–H groups in total. The van der Waals surface area contributed by atoms with E-state index >= 15 is 0 Å². The van der Waals surface area contributed by atoms with Gasteiger partial charge in [-0.1, -0.05) is 6.92 Å². The molecule has 22 heavy (non-hydrogen) atoms. The van der Waals surface area contributed by atoms with Gasteiger partial charge in [0.25, 0.3) is 0 Å². The third-order valence-electron chi connectivity index (χ3n) is 2.24. The molecule has 0 radical (unpaired) electrons. The first-order chi connectivity index (χ1) is 10.2. The number of carboxylic acid groups (broad SMARTS) is 3. The van der Waals surface area contributed by atoms with E-state index in [1.165, 1.54) is 0 Å². The number of carbonyl (C=O) groups is 5. The number of carbonyl (C=O) groups excluding carboxylic acids is 2. The van der Waals surface area contributed by atoms with Gasteiger partial charge in [0.05, 0.1) is 12.8 Å². The molecule has 0 aromatic carbocycles. The number of rotatable bonds is 10. The Morgan fingerprint density at radius 3 is 1.77 bits per heavy atom. The Kier molecular flexibility index (Phi) is 8.19. The Morgan fingerprint density at radius 1 is 0.864 bits per heavy atom. The van der Waals surface area contributed by atoms with Crippen LogP contribution in [0, 0.1) is 0 Å². The minimum absolute atomic E-state index is 0.0686. The SMILES string of the molecule is CCCC(=O)OC(CC(=O)O)C(=O)OC(CC(=O)O)C(=O)O. The fraction of sp³-hybridized carbons (Fsp3) is 0.583. The van der Waals surface area contributed by atoms with Gasteiger partial charge in [0, 0.05) is 6.42 Å². The maximum Gasteiger partial charge on any atom is 0.348 e. The van der Waals surface area contributed by atoms with Crippen molar-refractivity contribution in [1.29, 1.82) is 0 Å². The van der Waals surface area contributed by atoms with Gasteiger partial charge in [-0.15, -0.1) is 0 Å². The molecule has 0 aliphatic heterocycles. The van der Waals surface area contributed by atoms with Crippen molar-refractivity contribution in [2.45, 2.75) is 44.8 Å². The summed E-state index contributed by atoms with van der Waals surface area (Å²) in [4.78, 5) is 54.9. The molecular weight excluding hydrogens is 304 g/mol. The zero-order chi connectivity index (χ0) is 17.3. The van der Waals surface area contributed by atoms with Crippen molar-refractivity contribution in [3.05, 3.63) is 0 Å². The molecule has 0 aromatic heterocycles. The minimum Gasteiger partial charge on any atom is -0.481 e. The molecule has 0 heterocycles. The molecule has 2 atom stereocenters. The van der Waals surface area contributed by atoms with E-state index in [1.54, 1.807) is 6.92 Å². The van der Waals surface area contributed by atoms with E-state index in [0.717, 1.165) is 0 Å². The summed E-state index contributed by atoms with van der Waals surface area (Å²) >= 11 is 0. The zero-order valence-electron chi connectivity index (χ0n) is 11.7. The summed E-state index contributed by atoms with van der Waals surface area (Å²) in [6.07, 6.45) is -5.46. The van der Waals surface area contributed by atoms with E-state index in [-0.39, 0.29) is 6.42 Å². The number of hydrogen-bond acceptors (Lipinski definition) is 7. The molecule has 0 bridgehead atoms. The van der Waals surface area contributed by atoms with Gasteiger partial charge in [-0.3, -0.25) is 14.4 Å². The Balaban J connectivity index is 4.92. The quantitative estimate of drug-likeness (QED) is 0.453. The highest BCUT2D eigenvalue weighted by Gasteiger charge is 2.32. The van der Waals surface area contributed by atoms with Gasteiger partial charge in [-0.05, 0) is 6.42 Å². The van der Waals surface area contributed by atoms with Crippen LogP contribution in [0.5, 0.6) is 0 Å². The highest BCUT2D eigenvalue weighted by atomic mass is 16.6. The number of esters is 2. The van der Waals surface area contributed by atoms with E-state index in [0.29, 0.717) is 6.42 Å². The van der Waals surface area contributed by atoms with Gasteiger partial charge in [0.1, 0.15) is 0 Å². The third-order valence-corrected chi connectivity index (χ3v) is 2.24. The summed E-state index contributed by atoms with van der Waals surface area (Å²) in [5.41, 5.74) is 0. The van der Waals surface area contributed by atoms with Crippen LogP contribution in [0.1, 0.15) is 32.6 Å². The van der Waals surface area contributed by atoms with Gasteiger partial charge in [-0.2, -0.15) is 0 Å². The number of ether oxygens (including phenoxy) is 2. The van der Waals surface area contributed by atoms with Crippen LogP contribution in [-0.4, -0.2) is 57.4 Å². The molecule has 0 aromatic rings. The summed E-state index contributed by atoms with van der Waals surface area (Å²) < 4.78 is 9.02. The largest absolute Gasteiger partial charge is 0.481 e. The lowest BCUT2D eigenvalue weighted by molar-refractivity contribution is -0.180. The predicted octanol–water partition coefficient (Wildman–Crippen LogP) is -0.356. The van der Waals surface area contributed by atoms with Crippen LogP contribution in [0.4, 0.5) is 0 Å². The molecule has 0 saturated heterocycles. The van der Waals surface area contributed by atoms with Gasteiger partial charge < -0.3 is 24.8 Å². The second-order valence-electron chi connectivity index (χ2n) is 4.19. The molecule has 0 amide bonds. The van der Waals surface area contributed by atoms with Crippen molar-refractivity contribution in [3.8, 4) is 0 Å². The van der Waals surface area contributed by atoms with Crippen LogP contribution in [-0.2, 0) is 33.4 Å². The number of hydrogen-bond donors (Lipinski definition) is 3. The van der Waals surface area contributed by atoms with E-state index < -0.39 is 54.9 Å². The number of aliphatic carboxylic acids is 3. The lowest BCUT2D eigenvalue weighted by atomic mass is 10.2. The summed E-state index contributed by atoms with van der Waals surface area (Å²) in [6.45, 7) is 1.65. The minimum atomic E-state index is -2.01. The topological polar surface area (TPSA) is 165 Å². The Morgan fingerprint density at radius 2 is 1.36 bits per heavy atom. The molecule has 0 aliphatic rings. The van der Waals surface area contributed by atoms with Crippen LogP contribution in [0.2, 0.25) is 0 Å². The second kappa shape index (κ2) is 9.32. The van der Waals surface area contributed by atoms with Crippen molar-refractivity contribution < 1.29 is 48.8 Å². The molecule has 0 saturated carbocycles. The number of carboxylic acids is 3. The fourth-order valence-electron chi connectivity index (χ4n) is 1.31. The van der Waals surface area contributed by atoms with E-state index in [4.69, 9.17) is 15.3 Å². The Labute approximate surface area is 124 Å². The van der Waals surface area contributed by atoms with Crippen molar-refractivity contribution >= 4 is 29.8 Å². The van der Waals surface area contributed by atoms with Crippen molar-refractivity contribution in [3.63, 3.8) is 0 Å². The van der Waals surface area contributed by atoms with Crippen LogP contribution < -0.4 is 0 Å². The third kappa shape index (κ3) is 7.82. The van der Waals surface area contributed by atoms with Gasteiger partial charge in [0.2, 0.25) is 12.2 Å². The van der Waals surface area contributed by atoms with Crippen LogP contribution >= 0.6 is 0 Å². The van der Waals surface area contributed by atoms with Crippen LogP contribution in [0.25, 0.3) is 0 Å². The highest BCUT2D eigenvalue weighted by molar-refractivity contribution is 5.87. The van der Waals surface area contributed by atoms with Gasteiger partial charge in [0.15, 0.2) is 0 Å². The molecule has 0 spiro atoms.